The van der Waals surface area contributed by atoms with Crippen LogP contribution in [0.15, 0.2) is 18.3 Å². The number of amides is 1. The number of hydrogen-bond acceptors (Lipinski definition) is 4. The summed E-state index contributed by atoms with van der Waals surface area (Å²) in [4.78, 5) is 26.2. The highest BCUT2D eigenvalue weighted by molar-refractivity contribution is 5.98. The number of nitrogens with zero attached hydrogens (tertiary/aromatic N) is 1. The van der Waals surface area contributed by atoms with Gasteiger partial charge in [-0.3, -0.25) is 4.79 Å². The van der Waals surface area contributed by atoms with Gasteiger partial charge in [-0.2, -0.15) is 0 Å². The first-order valence-electron chi connectivity index (χ1n) is 5.55. The summed E-state index contributed by atoms with van der Waals surface area (Å²) in [5.74, 6) is -1.43. The summed E-state index contributed by atoms with van der Waals surface area (Å²) in [6.45, 7) is 1.86. The molecule has 0 saturated carbocycles. The molecule has 0 spiro atoms. The van der Waals surface area contributed by atoms with Crippen molar-refractivity contribution in [1.29, 1.82) is 0 Å². The first kappa shape index (κ1) is 14.1. The van der Waals surface area contributed by atoms with E-state index in [1.807, 2.05) is 6.92 Å². The number of carbonyl (C=O) groups is 2. The van der Waals surface area contributed by atoms with Crippen LogP contribution in [0.2, 0.25) is 0 Å². The normalized spacial score (nSPS) is 11.9. The molecule has 0 aliphatic heterocycles. The quantitative estimate of drug-likeness (QED) is 0.801. The van der Waals surface area contributed by atoms with Gasteiger partial charge in [0.05, 0.1) is 11.8 Å². The smallest absolute Gasteiger partial charge is 0.356 e. The molecule has 1 atom stereocenters. The molecule has 1 heterocycles. The number of carboxylic acid groups (broad SMARTS) is 1. The average molecular weight is 252 g/mol. The topological polar surface area (TPSA) is 88.5 Å². The molecule has 0 saturated heterocycles. The van der Waals surface area contributed by atoms with Crippen molar-refractivity contribution in [3.05, 3.63) is 24.0 Å². The van der Waals surface area contributed by atoms with Crippen molar-refractivity contribution in [2.75, 3.05) is 12.4 Å². The summed E-state index contributed by atoms with van der Waals surface area (Å²) in [7, 11) is 1.58. The van der Waals surface area contributed by atoms with Gasteiger partial charge >= 0.3 is 5.97 Å². The van der Waals surface area contributed by atoms with Gasteiger partial charge in [-0.1, -0.05) is 0 Å². The van der Waals surface area contributed by atoms with Crippen LogP contribution in [0, 0.1) is 0 Å². The molecule has 2 N–H and O–H groups in total. The Bertz CT molecular complexity index is 434. The fraction of sp³-hybridized carbons (Fsp3) is 0.417. The van der Waals surface area contributed by atoms with Crippen LogP contribution in [0.3, 0.4) is 0 Å². The molecule has 0 radical (unpaired) electrons. The Morgan fingerprint density at radius 2 is 2.28 bits per heavy atom. The average Bonchev–Trinajstić information content (AvgIpc) is 2.36. The first-order chi connectivity index (χ1) is 8.54. The van der Waals surface area contributed by atoms with Crippen LogP contribution < -0.4 is 5.32 Å². The van der Waals surface area contributed by atoms with Gasteiger partial charge in [0.2, 0.25) is 5.91 Å². The molecule has 18 heavy (non-hydrogen) atoms. The van der Waals surface area contributed by atoms with E-state index in [1.165, 1.54) is 12.3 Å². The summed E-state index contributed by atoms with van der Waals surface area (Å²) < 4.78 is 5.03. The van der Waals surface area contributed by atoms with Gasteiger partial charge in [0.15, 0.2) is 5.69 Å². The Morgan fingerprint density at radius 1 is 1.56 bits per heavy atom. The van der Waals surface area contributed by atoms with Crippen LogP contribution in [-0.4, -0.2) is 35.2 Å². The largest absolute Gasteiger partial charge is 0.476 e. The standard InChI is InChI=1S/C12H16N2O4/c1-8(18-2)5-6-10(15)14-9-4-3-7-13-11(9)12(16)17/h3-4,7-8H,5-6H2,1-2H3,(H,14,15)(H,16,17). The second-order valence-electron chi connectivity index (χ2n) is 3.84. The van der Waals surface area contributed by atoms with Crippen molar-refractivity contribution in [3.8, 4) is 0 Å². The van der Waals surface area contributed by atoms with E-state index in [-0.39, 0.29) is 29.8 Å². The highest BCUT2D eigenvalue weighted by Crippen LogP contribution is 2.13. The fourth-order valence-corrected chi connectivity index (χ4v) is 1.34. The predicted octanol–water partition coefficient (Wildman–Crippen LogP) is 1.53. The van der Waals surface area contributed by atoms with Crippen LogP contribution >= 0.6 is 0 Å². The number of aromatic nitrogens is 1. The summed E-state index contributed by atoms with van der Waals surface area (Å²) in [5.41, 5.74) is 0.0470. The van der Waals surface area contributed by atoms with Crippen LogP contribution in [0.25, 0.3) is 0 Å². The van der Waals surface area contributed by atoms with E-state index in [4.69, 9.17) is 9.84 Å². The van der Waals surface area contributed by atoms with Crippen LogP contribution in [0.5, 0.6) is 0 Å². The zero-order chi connectivity index (χ0) is 13.5. The number of hydrogen-bond donors (Lipinski definition) is 2. The molecule has 1 rings (SSSR count). The number of carbonyl (C=O) groups excluding carboxylic acids is 1. The molecule has 0 aromatic carbocycles. The number of pyridine rings is 1. The van der Waals surface area contributed by atoms with Crippen molar-refractivity contribution in [2.24, 2.45) is 0 Å². The van der Waals surface area contributed by atoms with E-state index in [0.29, 0.717) is 6.42 Å². The molecule has 1 aromatic rings. The molecule has 1 amide bonds. The fourth-order valence-electron chi connectivity index (χ4n) is 1.34. The monoisotopic (exact) mass is 252 g/mol. The van der Waals surface area contributed by atoms with Gasteiger partial charge in [-0.15, -0.1) is 0 Å². The third-order valence-electron chi connectivity index (χ3n) is 2.46. The van der Waals surface area contributed by atoms with Crippen molar-refractivity contribution in [2.45, 2.75) is 25.9 Å². The van der Waals surface area contributed by atoms with Crippen LogP contribution in [0.4, 0.5) is 5.69 Å². The number of carboxylic acids is 1. The molecular formula is C12H16N2O4. The number of ether oxygens (including phenoxy) is 1. The molecule has 98 valence electrons. The highest BCUT2D eigenvalue weighted by atomic mass is 16.5. The third-order valence-corrected chi connectivity index (χ3v) is 2.46. The number of rotatable bonds is 6. The number of aromatic carboxylic acids is 1. The zero-order valence-corrected chi connectivity index (χ0v) is 10.3. The summed E-state index contributed by atoms with van der Waals surface area (Å²) in [6, 6.07) is 3.08. The molecule has 0 bridgehead atoms. The summed E-state index contributed by atoms with van der Waals surface area (Å²) in [5, 5.41) is 11.4. The van der Waals surface area contributed by atoms with Crippen LogP contribution in [0.1, 0.15) is 30.3 Å². The Balaban J connectivity index is 2.62. The Kier molecular flexibility index (Phi) is 5.26. The Morgan fingerprint density at radius 3 is 2.89 bits per heavy atom. The lowest BCUT2D eigenvalue weighted by molar-refractivity contribution is -0.116. The molecule has 1 unspecified atom stereocenters. The highest BCUT2D eigenvalue weighted by Gasteiger charge is 2.13. The number of methoxy groups -OCH3 is 1. The van der Waals surface area contributed by atoms with Gasteiger partial charge < -0.3 is 15.2 Å². The molecule has 1 aromatic heterocycles. The number of anilines is 1. The van der Waals surface area contributed by atoms with Gasteiger partial charge in [-0.25, -0.2) is 9.78 Å². The second kappa shape index (κ2) is 6.70. The van der Waals surface area contributed by atoms with E-state index in [1.54, 1.807) is 13.2 Å². The maximum absolute atomic E-state index is 11.6. The van der Waals surface area contributed by atoms with Crippen LogP contribution in [-0.2, 0) is 9.53 Å². The molecular weight excluding hydrogens is 236 g/mol. The Hall–Kier alpha value is -1.95. The molecule has 0 aliphatic carbocycles. The minimum atomic E-state index is -1.17. The van der Waals surface area contributed by atoms with Crippen molar-refractivity contribution < 1.29 is 19.4 Å². The van der Waals surface area contributed by atoms with Crippen molar-refractivity contribution in [1.82, 2.24) is 4.98 Å². The second-order valence-corrected chi connectivity index (χ2v) is 3.84. The first-order valence-corrected chi connectivity index (χ1v) is 5.55. The zero-order valence-electron chi connectivity index (χ0n) is 10.3. The Labute approximate surface area is 105 Å². The lowest BCUT2D eigenvalue weighted by Crippen LogP contribution is -2.17. The van der Waals surface area contributed by atoms with E-state index in [2.05, 4.69) is 10.3 Å². The van der Waals surface area contributed by atoms with E-state index < -0.39 is 5.97 Å². The number of nitrogens with one attached hydrogen (secondary N) is 1. The van der Waals surface area contributed by atoms with Gasteiger partial charge in [0.1, 0.15) is 0 Å². The summed E-state index contributed by atoms with van der Waals surface area (Å²) in [6.07, 6.45) is 2.20. The minimum absolute atomic E-state index is 0.0106. The molecule has 6 heteroatoms. The van der Waals surface area contributed by atoms with Crippen molar-refractivity contribution in [3.63, 3.8) is 0 Å². The predicted molar refractivity (Wildman–Crippen MR) is 65.5 cm³/mol. The molecule has 6 nitrogen and oxygen atoms in total. The SMILES string of the molecule is COC(C)CCC(=O)Nc1cccnc1C(=O)O. The van der Waals surface area contributed by atoms with Crippen molar-refractivity contribution >= 4 is 17.6 Å². The minimum Gasteiger partial charge on any atom is -0.476 e. The third kappa shape index (κ3) is 4.14. The maximum Gasteiger partial charge on any atom is 0.356 e. The lowest BCUT2D eigenvalue weighted by atomic mass is 10.2. The van der Waals surface area contributed by atoms with Gasteiger partial charge in [0, 0.05) is 19.7 Å². The molecule has 0 aliphatic rings. The van der Waals surface area contributed by atoms with E-state index in [0.717, 1.165) is 0 Å². The maximum atomic E-state index is 11.6. The van der Waals surface area contributed by atoms with E-state index in [9.17, 15) is 9.59 Å². The van der Waals surface area contributed by atoms with Gasteiger partial charge in [-0.05, 0) is 25.5 Å². The van der Waals surface area contributed by atoms with E-state index >= 15 is 0 Å². The lowest BCUT2D eigenvalue weighted by Gasteiger charge is -2.10. The van der Waals surface area contributed by atoms with Gasteiger partial charge in [0.25, 0.3) is 0 Å². The molecule has 0 fully saturated rings. The summed E-state index contributed by atoms with van der Waals surface area (Å²) >= 11 is 0.